The van der Waals surface area contributed by atoms with Crippen LogP contribution in [0.4, 0.5) is 13.2 Å². The van der Waals surface area contributed by atoms with Gasteiger partial charge in [-0.15, -0.1) is 0 Å². The average molecular weight is 276 g/mol. The van der Waals surface area contributed by atoms with E-state index in [0.29, 0.717) is 5.56 Å². The number of hydrogen-bond acceptors (Lipinski definition) is 2. The van der Waals surface area contributed by atoms with Gasteiger partial charge in [-0.2, -0.15) is 13.2 Å². The van der Waals surface area contributed by atoms with Gasteiger partial charge in [0.25, 0.3) is 0 Å². The van der Waals surface area contributed by atoms with Gasteiger partial charge in [0.1, 0.15) is 0 Å². The van der Waals surface area contributed by atoms with E-state index in [1.165, 1.54) is 25.1 Å². The first-order chi connectivity index (χ1) is 8.29. The number of carbonyl (C=O) groups excluding carboxylic acids is 1. The van der Waals surface area contributed by atoms with E-state index in [1.54, 1.807) is 12.1 Å². The standard InChI is InChI=1S/C12H11F3O2S/c1-8-7-10-5-3-4-6-11(10)18(8,12(13,14)15)17-9(2)16/h3-7H,1-2H3. The predicted octanol–water partition coefficient (Wildman–Crippen LogP) is 4.22. The van der Waals surface area contributed by atoms with Crippen molar-refractivity contribution in [3.8, 4) is 0 Å². The van der Waals surface area contributed by atoms with Gasteiger partial charge >= 0.3 is 11.5 Å². The van der Waals surface area contributed by atoms with E-state index in [1.807, 2.05) is 0 Å². The van der Waals surface area contributed by atoms with Crippen molar-refractivity contribution < 1.29 is 22.1 Å². The van der Waals surface area contributed by atoms with Gasteiger partial charge < -0.3 is 4.18 Å². The molecule has 6 heteroatoms. The van der Waals surface area contributed by atoms with Crippen molar-refractivity contribution in [3.05, 3.63) is 34.7 Å². The quantitative estimate of drug-likeness (QED) is 0.767. The molecule has 0 aromatic heterocycles. The molecule has 0 aliphatic carbocycles. The number of carbonyl (C=O) groups is 1. The molecule has 0 radical (unpaired) electrons. The fourth-order valence-electron chi connectivity index (χ4n) is 1.98. The molecule has 1 unspecified atom stereocenters. The number of fused-ring (bicyclic) bond motifs is 1. The lowest BCUT2D eigenvalue weighted by atomic mass is 10.2. The smallest absolute Gasteiger partial charge is 0.399 e. The van der Waals surface area contributed by atoms with Crippen LogP contribution in [0.5, 0.6) is 0 Å². The SMILES string of the molecule is CC(=O)OS1(C(F)(F)F)C(C)=Cc2ccccc21. The van der Waals surface area contributed by atoms with Crippen molar-refractivity contribution in [1.29, 1.82) is 0 Å². The van der Waals surface area contributed by atoms with E-state index in [0.717, 1.165) is 6.92 Å². The normalized spacial score (nSPS) is 25.9. The largest absolute Gasteiger partial charge is 0.464 e. The Hall–Kier alpha value is -1.43. The summed E-state index contributed by atoms with van der Waals surface area (Å²) in [4.78, 5) is 11.2. The second-order valence-corrected chi connectivity index (χ2v) is 6.70. The van der Waals surface area contributed by atoms with Crippen LogP contribution in [0.15, 0.2) is 34.1 Å². The van der Waals surface area contributed by atoms with Crippen molar-refractivity contribution in [2.75, 3.05) is 0 Å². The second kappa shape index (κ2) is 4.05. The van der Waals surface area contributed by atoms with Gasteiger partial charge in [-0.1, -0.05) is 18.2 Å². The Bertz CT molecular complexity index is 536. The molecule has 1 aromatic rings. The van der Waals surface area contributed by atoms with Crippen molar-refractivity contribution in [2.24, 2.45) is 0 Å². The third-order valence-corrected chi connectivity index (χ3v) is 5.76. The van der Waals surface area contributed by atoms with Gasteiger partial charge in [0.05, 0.1) is 10.3 Å². The van der Waals surface area contributed by atoms with Crippen LogP contribution >= 0.6 is 10.3 Å². The molecule has 1 aromatic carbocycles. The Morgan fingerprint density at radius 1 is 1.28 bits per heavy atom. The highest BCUT2D eigenvalue weighted by Crippen LogP contribution is 2.76. The molecule has 98 valence electrons. The van der Waals surface area contributed by atoms with Crippen molar-refractivity contribution in [2.45, 2.75) is 24.3 Å². The summed E-state index contributed by atoms with van der Waals surface area (Å²) >= 11 is 0. The molecule has 1 heterocycles. The Balaban J connectivity index is 2.69. The summed E-state index contributed by atoms with van der Waals surface area (Å²) in [6.07, 6.45) is 1.43. The lowest BCUT2D eigenvalue weighted by Crippen LogP contribution is -2.24. The molecule has 1 aliphatic heterocycles. The Labute approximate surface area is 104 Å². The van der Waals surface area contributed by atoms with E-state index in [2.05, 4.69) is 0 Å². The summed E-state index contributed by atoms with van der Waals surface area (Å²) in [5.74, 6) is -0.924. The first-order valence-corrected chi connectivity index (χ1v) is 6.72. The van der Waals surface area contributed by atoms with Crippen LogP contribution in [0.25, 0.3) is 6.08 Å². The Morgan fingerprint density at radius 2 is 1.89 bits per heavy atom. The number of alkyl halides is 3. The summed E-state index contributed by atoms with van der Waals surface area (Å²) in [7, 11) is -3.70. The number of benzene rings is 1. The molecule has 2 rings (SSSR count). The molecule has 1 aliphatic rings. The second-order valence-electron chi connectivity index (χ2n) is 3.87. The lowest BCUT2D eigenvalue weighted by molar-refractivity contribution is -0.132. The van der Waals surface area contributed by atoms with Crippen LogP contribution < -0.4 is 0 Å². The van der Waals surface area contributed by atoms with Crippen LogP contribution in [0.1, 0.15) is 19.4 Å². The van der Waals surface area contributed by atoms with Crippen LogP contribution in [0.3, 0.4) is 0 Å². The number of halogens is 3. The first-order valence-electron chi connectivity index (χ1n) is 5.16. The molecule has 0 saturated heterocycles. The summed E-state index contributed by atoms with van der Waals surface area (Å²) in [6, 6.07) is 6.13. The summed E-state index contributed by atoms with van der Waals surface area (Å²) in [5, 5.41) is 0. The van der Waals surface area contributed by atoms with Crippen LogP contribution in [-0.4, -0.2) is 11.5 Å². The summed E-state index contributed by atoms with van der Waals surface area (Å²) in [6.45, 7) is 2.35. The topological polar surface area (TPSA) is 26.3 Å². The summed E-state index contributed by atoms with van der Waals surface area (Å²) in [5.41, 5.74) is -4.14. The lowest BCUT2D eigenvalue weighted by Gasteiger charge is -2.38. The molecule has 0 spiro atoms. The monoisotopic (exact) mass is 276 g/mol. The minimum Gasteiger partial charge on any atom is -0.399 e. The molecule has 0 fully saturated rings. The highest BCUT2D eigenvalue weighted by atomic mass is 32.3. The zero-order valence-corrected chi connectivity index (χ0v) is 10.6. The minimum absolute atomic E-state index is 0.0465. The number of allylic oxidation sites excluding steroid dienone is 1. The van der Waals surface area contributed by atoms with Gasteiger partial charge in [-0.25, -0.2) is 0 Å². The molecular formula is C12H11F3O2S. The maximum atomic E-state index is 13.4. The Kier molecular flexibility index (Phi) is 2.93. The minimum atomic E-state index is -4.61. The van der Waals surface area contributed by atoms with E-state index in [4.69, 9.17) is 4.18 Å². The highest BCUT2D eigenvalue weighted by Gasteiger charge is 2.58. The molecule has 0 N–H and O–H groups in total. The van der Waals surface area contributed by atoms with Gasteiger partial charge in [-0.3, -0.25) is 4.79 Å². The van der Waals surface area contributed by atoms with Crippen LogP contribution in [-0.2, 0) is 8.98 Å². The summed E-state index contributed by atoms with van der Waals surface area (Å²) < 4.78 is 45.0. The van der Waals surface area contributed by atoms with Gasteiger partial charge in [0.2, 0.25) is 0 Å². The van der Waals surface area contributed by atoms with Gasteiger partial charge in [0.15, 0.2) is 0 Å². The fourth-order valence-corrected chi connectivity index (χ4v) is 4.63. The third-order valence-electron chi connectivity index (χ3n) is 2.61. The zero-order chi connectivity index (χ0) is 13.6. The maximum Gasteiger partial charge on any atom is 0.464 e. The van der Waals surface area contributed by atoms with Gasteiger partial charge in [-0.05, 0) is 24.6 Å². The van der Waals surface area contributed by atoms with E-state index in [9.17, 15) is 18.0 Å². The Morgan fingerprint density at radius 3 is 2.44 bits per heavy atom. The molecule has 2 nitrogen and oxygen atoms in total. The predicted molar refractivity (Wildman–Crippen MR) is 63.8 cm³/mol. The number of rotatable bonds is 1. The van der Waals surface area contributed by atoms with E-state index < -0.39 is 21.8 Å². The molecule has 0 saturated carbocycles. The fraction of sp³-hybridized carbons (Fsp3) is 0.250. The van der Waals surface area contributed by atoms with E-state index in [-0.39, 0.29) is 9.80 Å². The molecule has 1 atom stereocenters. The first kappa shape index (κ1) is 13.0. The molecular weight excluding hydrogens is 265 g/mol. The average Bonchev–Trinajstić information content (AvgIpc) is 2.51. The third kappa shape index (κ3) is 1.71. The zero-order valence-electron chi connectivity index (χ0n) is 9.75. The van der Waals surface area contributed by atoms with Crippen LogP contribution in [0, 0.1) is 0 Å². The molecule has 0 bridgehead atoms. The number of hydrogen-bond donors (Lipinski definition) is 0. The van der Waals surface area contributed by atoms with Crippen molar-refractivity contribution in [1.82, 2.24) is 0 Å². The van der Waals surface area contributed by atoms with Crippen molar-refractivity contribution in [3.63, 3.8) is 0 Å². The molecule has 0 amide bonds. The van der Waals surface area contributed by atoms with Gasteiger partial charge in [0, 0.05) is 16.7 Å². The maximum absolute atomic E-state index is 13.4. The van der Waals surface area contributed by atoms with E-state index >= 15 is 0 Å². The molecule has 18 heavy (non-hydrogen) atoms. The van der Waals surface area contributed by atoms with Crippen molar-refractivity contribution >= 4 is 22.4 Å². The highest BCUT2D eigenvalue weighted by molar-refractivity contribution is 8.34. The van der Waals surface area contributed by atoms with Crippen LogP contribution in [0.2, 0.25) is 0 Å².